The summed E-state index contributed by atoms with van der Waals surface area (Å²) in [6.45, 7) is 1.54. The number of hydrogen-bond acceptors (Lipinski definition) is 7. The van der Waals surface area contributed by atoms with Crippen molar-refractivity contribution in [1.29, 1.82) is 0 Å². The second-order valence-electron chi connectivity index (χ2n) is 4.96. The van der Waals surface area contributed by atoms with Crippen LogP contribution >= 0.6 is 25.3 Å². The van der Waals surface area contributed by atoms with Crippen LogP contribution in [0.3, 0.4) is 0 Å². The molecule has 23 heavy (non-hydrogen) atoms. The number of carbonyl (C=O) groups excluding carboxylic acids is 3. The maximum atomic E-state index is 11.9. The number of carbonyl (C=O) groups is 3. The quantitative estimate of drug-likeness (QED) is 0.212. The zero-order chi connectivity index (χ0) is 17.8. The molecule has 3 unspecified atom stereocenters. The van der Waals surface area contributed by atoms with Crippen LogP contribution in [0.1, 0.15) is 13.3 Å². The van der Waals surface area contributed by atoms with Gasteiger partial charge < -0.3 is 21.1 Å². The molecule has 0 aliphatic carbocycles. The number of amides is 3. The molecule has 0 aromatic carbocycles. The first-order valence-corrected chi connectivity index (χ1v) is 8.54. The highest BCUT2D eigenvalue weighted by molar-refractivity contribution is 7.80. The van der Waals surface area contributed by atoms with E-state index in [1.165, 1.54) is 7.05 Å². The lowest BCUT2D eigenvalue weighted by Crippen LogP contribution is -2.52. The highest BCUT2D eigenvalue weighted by Gasteiger charge is 2.21. The lowest BCUT2D eigenvalue weighted by atomic mass is 10.2. The minimum atomic E-state index is -0.675. The predicted octanol–water partition coefficient (Wildman–Crippen LogP) is -2.08. The molecule has 0 fully saturated rings. The van der Waals surface area contributed by atoms with E-state index >= 15 is 0 Å². The molecular formula is C13H26N4O4S2. The standard InChI is InChI=1S/C13H26N4O4S2/c1-8(18)5-16-13(21)10(7-23)15-6-11(19)17-9(3-4-22)12(20)14-2/h8-10,15,18,22-23H,3-7H2,1-2H3,(H,14,20)(H,16,21)(H,17,19). The van der Waals surface area contributed by atoms with E-state index in [1.807, 2.05) is 0 Å². The van der Waals surface area contributed by atoms with E-state index in [0.29, 0.717) is 12.2 Å². The fraction of sp³-hybridized carbons (Fsp3) is 0.769. The number of thiol groups is 2. The fourth-order valence-electron chi connectivity index (χ4n) is 1.65. The maximum absolute atomic E-state index is 11.9. The summed E-state index contributed by atoms with van der Waals surface area (Å²) >= 11 is 8.11. The average Bonchev–Trinajstić information content (AvgIpc) is 2.52. The fourth-order valence-corrected chi connectivity index (χ4v) is 2.20. The van der Waals surface area contributed by atoms with Crippen LogP contribution in [0.2, 0.25) is 0 Å². The third-order valence-corrected chi connectivity index (χ3v) is 3.52. The molecule has 5 N–H and O–H groups in total. The molecule has 3 atom stereocenters. The van der Waals surface area contributed by atoms with Gasteiger partial charge in [0.2, 0.25) is 17.7 Å². The number of aliphatic hydroxyl groups is 1. The Kier molecular flexibility index (Phi) is 11.9. The Morgan fingerprint density at radius 3 is 2.26 bits per heavy atom. The summed E-state index contributed by atoms with van der Waals surface area (Å²) in [5.41, 5.74) is 0. The molecule has 0 saturated heterocycles. The maximum Gasteiger partial charge on any atom is 0.242 e. The van der Waals surface area contributed by atoms with Crippen LogP contribution in [0.15, 0.2) is 0 Å². The SMILES string of the molecule is CNC(=O)C(CCS)NC(=O)CNC(CS)C(=O)NCC(C)O. The van der Waals surface area contributed by atoms with Crippen molar-refractivity contribution >= 4 is 43.0 Å². The van der Waals surface area contributed by atoms with Crippen LogP contribution in [0.25, 0.3) is 0 Å². The molecule has 0 aromatic rings. The topological polar surface area (TPSA) is 120 Å². The van der Waals surface area contributed by atoms with Crippen molar-refractivity contribution in [3.63, 3.8) is 0 Å². The van der Waals surface area contributed by atoms with Crippen molar-refractivity contribution in [3.8, 4) is 0 Å². The smallest absolute Gasteiger partial charge is 0.242 e. The van der Waals surface area contributed by atoms with Gasteiger partial charge in [0, 0.05) is 19.3 Å². The number of rotatable bonds is 11. The molecule has 0 bridgehead atoms. The van der Waals surface area contributed by atoms with Gasteiger partial charge in [-0.05, 0) is 19.1 Å². The summed E-state index contributed by atoms with van der Waals surface area (Å²) in [6.07, 6.45) is -0.253. The summed E-state index contributed by atoms with van der Waals surface area (Å²) in [5.74, 6) is -0.420. The van der Waals surface area contributed by atoms with E-state index in [0.717, 1.165) is 0 Å². The van der Waals surface area contributed by atoms with E-state index in [1.54, 1.807) is 6.92 Å². The zero-order valence-electron chi connectivity index (χ0n) is 13.3. The van der Waals surface area contributed by atoms with Crippen molar-refractivity contribution in [2.24, 2.45) is 0 Å². The van der Waals surface area contributed by atoms with E-state index < -0.39 is 24.1 Å². The van der Waals surface area contributed by atoms with E-state index in [-0.39, 0.29) is 30.7 Å². The summed E-state index contributed by atoms with van der Waals surface area (Å²) in [7, 11) is 1.49. The van der Waals surface area contributed by atoms with E-state index in [2.05, 4.69) is 46.5 Å². The van der Waals surface area contributed by atoms with Crippen molar-refractivity contribution in [2.45, 2.75) is 31.5 Å². The molecule has 0 aliphatic heterocycles. The average molecular weight is 367 g/mol. The van der Waals surface area contributed by atoms with Gasteiger partial charge in [0.15, 0.2) is 0 Å². The number of nitrogens with one attached hydrogen (secondary N) is 4. The first-order chi connectivity index (χ1) is 10.8. The number of likely N-dealkylation sites (N-methyl/N-ethyl adjacent to an activating group) is 1. The largest absolute Gasteiger partial charge is 0.392 e. The minimum Gasteiger partial charge on any atom is -0.392 e. The van der Waals surface area contributed by atoms with Crippen molar-refractivity contribution in [1.82, 2.24) is 21.3 Å². The normalized spacial score (nSPS) is 14.5. The first kappa shape index (κ1) is 22.0. The first-order valence-electron chi connectivity index (χ1n) is 7.27. The summed E-state index contributed by atoms with van der Waals surface area (Å²) in [6, 6.07) is -1.34. The van der Waals surface area contributed by atoms with E-state index in [9.17, 15) is 14.4 Å². The predicted molar refractivity (Wildman–Crippen MR) is 94.8 cm³/mol. The third-order valence-electron chi connectivity index (χ3n) is 2.90. The Morgan fingerprint density at radius 2 is 1.78 bits per heavy atom. The number of aliphatic hydroxyl groups excluding tert-OH is 1. The van der Waals surface area contributed by atoms with E-state index in [4.69, 9.17) is 5.11 Å². The molecule has 3 amide bonds. The molecule has 0 radical (unpaired) electrons. The van der Waals surface area contributed by atoms with Gasteiger partial charge in [0.05, 0.1) is 18.7 Å². The molecule has 134 valence electrons. The lowest BCUT2D eigenvalue weighted by molar-refractivity contribution is -0.128. The Hall–Kier alpha value is -0.970. The van der Waals surface area contributed by atoms with Gasteiger partial charge >= 0.3 is 0 Å². The Balaban J connectivity index is 4.36. The van der Waals surface area contributed by atoms with Crippen LogP contribution in [-0.2, 0) is 14.4 Å². The summed E-state index contributed by atoms with van der Waals surface area (Å²) < 4.78 is 0. The highest BCUT2D eigenvalue weighted by Crippen LogP contribution is 1.95. The van der Waals surface area contributed by atoms with Crippen molar-refractivity contribution in [2.75, 3.05) is 31.6 Å². The zero-order valence-corrected chi connectivity index (χ0v) is 15.1. The van der Waals surface area contributed by atoms with Crippen LogP contribution in [-0.4, -0.2) is 72.7 Å². The van der Waals surface area contributed by atoms with Gasteiger partial charge in [-0.1, -0.05) is 0 Å². The summed E-state index contributed by atoms with van der Waals surface area (Å²) in [4.78, 5) is 35.3. The van der Waals surface area contributed by atoms with Gasteiger partial charge in [-0.2, -0.15) is 25.3 Å². The van der Waals surface area contributed by atoms with Gasteiger partial charge in [0.25, 0.3) is 0 Å². The second kappa shape index (κ2) is 12.5. The molecule has 0 spiro atoms. The van der Waals surface area contributed by atoms with Gasteiger partial charge in [-0.25, -0.2) is 0 Å². The molecule has 0 aromatic heterocycles. The molecule has 0 aliphatic rings. The van der Waals surface area contributed by atoms with Gasteiger partial charge in [-0.15, -0.1) is 0 Å². The van der Waals surface area contributed by atoms with Crippen LogP contribution in [0.5, 0.6) is 0 Å². The minimum absolute atomic E-state index is 0.123. The molecule has 0 heterocycles. The molecular weight excluding hydrogens is 340 g/mol. The van der Waals surface area contributed by atoms with Gasteiger partial charge in [-0.3, -0.25) is 19.7 Å². The third kappa shape index (κ3) is 9.69. The molecule has 0 rings (SSSR count). The van der Waals surface area contributed by atoms with Gasteiger partial charge in [0.1, 0.15) is 6.04 Å². The van der Waals surface area contributed by atoms with Crippen LogP contribution in [0, 0.1) is 0 Å². The molecule has 0 saturated carbocycles. The van der Waals surface area contributed by atoms with Crippen molar-refractivity contribution in [3.05, 3.63) is 0 Å². The summed E-state index contributed by atoms with van der Waals surface area (Å²) in [5, 5.41) is 19.5. The van der Waals surface area contributed by atoms with Crippen molar-refractivity contribution < 1.29 is 19.5 Å². The molecule has 10 heteroatoms. The van der Waals surface area contributed by atoms with Crippen LogP contribution in [0.4, 0.5) is 0 Å². The monoisotopic (exact) mass is 366 g/mol. The van der Waals surface area contributed by atoms with Crippen LogP contribution < -0.4 is 21.3 Å². The molecule has 8 nitrogen and oxygen atoms in total. The lowest BCUT2D eigenvalue weighted by Gasteiger charge is -2.19. The second-order valence-corrected chi connectivity index (χ2v) is 5.77. The Bertz CT molecular complexity index is 396. The highest BCUT2D eigenvalue weighted by atomic mass is 32.1. The Morgan fingerprint density at radius 1 is 1.13 bits per heavy atom. The number of hydrogen-bond donors (Lipinski definition) is 7. The Labute approximate surface area is 147 Å².